The Hall–Kier alpha value is -3.68. The molecule has 1 saturated heterocycles. The summed E-state index contributed by atoms with van der Waals surface area (Å²) in [6.07, 6.45) is 3.72. The summed E-state index contributed by atoms with van der Waals surface area (Å²) in [6, 6.07) is 7.99. The molecular weight excluding hydrogens is 414 g/mol. The lowest BCUT2D eigenvalue weighted by Crippen LogP contribution is -2.53. The zero-order valence-electron chi connectivity index (χ0n) is 20.0. The summed E-state index contributed by atoms with van der Waals surface area (Å²) >= 11 is 0. The van der Waals surface area contributed by atoms with Gasteiger partial charge in [0.05, 0.1) is 12.8 Å². The number of methoxy groups -OCH3 is 1. The van der Waals surface area contributed by atoms with Crippen LogP contribution < -0.4 is 15.0 Å². The maximum Gasteiger partial charge on any atom is 0.227 e. The fraction of sp³-hybridized carbons (Fsp3) is 0.360. The molecule has 1 aliphatic heterocycles. The molecule has 170 valence electrons. The zero-order chi connectivity index (χ0) is 23.3. The summed E-state index contributed by atoms with van der Waals surface area (Å²) in [6.45, 7) is 10.5. The molecule has 1 aromatic carbocycles. The van der Waals surface area contributed by atoms with E-state index in [0.717, 1.165) is 58.3 Å². The maximum atomic E-state index is 5.67. The average molecular weight is 444 g/mol. The van der Waals surface area contributed by atoms with E-state index in [1.165, 1.54) is 0 Å². The van der Waals surface area contributed by atoms with Crippen LogP contribution in [-0.4, -0.2) is 44.7 Å². The molecule has 8 nitrogen and oxygen atoms in total. The van der Waals surface area contributed by atoms with Crippen molar-refractivity contribution >= 4 is 28.4 Å². The van der Waals surface area contributed by atoms with Crippen molar-refractivity contribution in [1.29, 1.82) is 0 Å². The molecule has 8 heteroatoms. The third-order valence-electron chi connectivity index (χ3n) is 6.14. The van der Waals surface area contributed by atoms with Crippen LogP contribution in [0.3, 0.4) is 0 Å². The van der Waals surface area contributed by atoms with Crippen LogP contribution >= 0.6 is 0 Å². The molecule has 0 unspecified atom stereocenters. The number of rotatable bonds is 5. The van der Waals surface area contributed by atoms with Crippen molar-refractivity contribution in [3.05, 3.63) is 48.0 Å². The molecule has 0 amide bonds. The fourth-order valence-electron chi connectivity index (χ4n) is 4.39. The lowest BCUT2D eigenvalue weighted by Gasteiger charge is -2.46. The van der Waals surface area contributed by atoms with Gasteiger partial charge in [0.15, 0.2) is 5.82 Å². The van der Waals surface area contributed by atoms with Gasteiger partial charge in [-0.1, -0.05) is 13.8 Å². The van der Waals surface area contributed by atoms with E-state index in [2.05, 4.69) is 38.6 Å². The first-order valence-corrected chi connectivity index (χ1v) is 11.1. The van der Waals surface area contributed by atoms with Gasteiger partial charge in [0, 0.05) is 54.9 Å². The van der Waals surface area contributed by atoms with E-state index in [0.29, 0.717) is 17.1 Å². The highest BCUT2D eigenvalue weighted by Gasteiger charge is 2.36. The Morgan fingerprint density at radius 3 is 2.48 bits per heavy atom. The van der Waals surface area contributed by atoms with Crippen LogP contribution in [0, 0.1) is 19.3 Å². The van der Waals surface area contributed by atoms with E-state index in [1.807, 2.05) is 57.6 Å². The first kappa shape index (κ1) is 21.2. The molecule has 1 N–H and O–H groups in total. The zero-order valence-corrected chi connectivity index (χ0v) is 20.0. The second-order valence-corrected chi connectivity index (χ2v) is 9.56. The van der Waals surface area contributed by atoms with E-state index in [-0.39, 0.29) is 0 Å². The van der Waals surface area contributed by atoms with Crippen molar-refractivity contribution in [2.24, 2.45) is 12.5 Å². The summed E-state index contributed by atoms with van der Waals surface area (Å²) in [5.41, 5.74) is 4.99. The summed E-state index contributed by atoms with van der Waals surface area (Å²) in [5, 5.41) is 4.31. The second-order valence-electron chi connectivity index (χ2n) is 9.56. The molecule has 1 fully saturated rings. The average Bonchev–Trinajstić information content (AvgIpc) is 3.10. The molecule has 0 spiro atoms. The van der Waals surface area contributed by atoms with E-state index >= 15 is 0 Å². The van der Waals surface area contributed by atoms with Gasteiger partial charge in [0.2, 0.25) is 5.95 Å². The number of aryl methyl sites for hydroxylation is 2. The Morgan fingerprint density at radius 1 is 1.03 bits per heavy atom. The van der Waals surface area contributed by atoms with Crippen molar-refractivity contribution < 1.29 is 4.74 Å². The van der Waals surface area contributed by atoms with E-state index in [4.69, 9.17) is 14.7 Å². The summed E-state index contributed by atoms with van der Waals surface area (Å²) in [4.78, 5) is 21.0. The minimum atomic E-state index is 0.298. The van der Waals surface area contributed by atoms with Gasteiger partial charge in [-0.15, -0.1) is 0 Å². The quantitative estimate of drug-likeness (QED) is 0.481. The molecule has 5 rings (SSSR count). The molecule has 4 aromatic rings. The van der Waals surface area contributed by atoms with Crippen molar-refractivity contribution in [3.8, 4) is 17.1 Å². The standard InChI is InChI=1S/C25H29N7O/c1-15-9-18-12-27-24(30-21(18)23(28-15)32-13-25(3,4)14-32)29-19-8-7-17(10-20(19)33-6)22-26-11-16(2)31(22)5/h7-12H,13-14H2,1-6H3,(H,27,29,30). The molecule has 4 heterocycles. The molecule has 0 atom stereocenters. The van der Waals surface area contributed by atoms with Crippen LogP contribution in [0.4, 0.5) is 17.5 Å². The van der Waals surface area contributed by atoms with E-state index < -0.39 is 0 Å². The Balaban J connectivity index is 1.49. The number of ether oxygens (including phenoxy) is 1. The second kappa shape index (κ2) is 7.72. The van der Waals surface area contributed by atoms with Gasteiger partial charge < -0.3 is 19.5 Å². The minimum absolute atomic E-state index is 0.298. The monoisotopic (exact) mass is 443 g/mol. The van der Waals surface area contributed by atoms with Gasteiger partial charge >= 0.3 is 0 Å². The molecule has 0 bridgehead atoms. The number of hydrogen-bond donors (Lipinski definition) is 1. The highest BCUT2D eigenvalue weighted by atomic mass is 16.5. The van der Waals surface area contributed by atoms with Crippen molar-refractivity contribution in [3.63, 3.8) is 0 Å². The molecule has 0 radical (unpaired) electrons. The SMILES string of the molecule is COc1cc(-c2ncc(C)n2C)ccc1Nc1ncc2cc(C)nc(N3CC(C)(C)C3)c2n1. The minimum Gasteiger partial charge on any atom is -0.495 e. The Morgan fingerprint density at radius 2 is 1.82 bits per heavy atom. The highest BCUT2D eigenvalue weighted by molar-refractivity contribution is 5.90. The van der Waals surface area contributed by atoms with Gasteiger partial charge in [-0.2, -0.15) is 0 Å². The fourth-order valence-corrected chi connectivity index (χ4v) is 4.39. The highest BCUT2D eigenvalue weighted by Crippen LogP contribution is 2.36. The van der Waals surface area contributed by atoms with E-state index in [9.17, 15) is 0 Å². The van der Waals surface area contributed by atoms with Gasteiger partial charge in [-0.25, -0.2) is 19.9 Å². The van der Waals surface area contributed by atoms with Gasteiger partial charge in [0.25, 0.3) is 0 Å². The number of imidazole rings is 1. The van der Waals surface area contributed by atoms with Crippen molar-refractivity contribution in [1.82, 2.24) is 24.5 Å². The third-order valence-corrected chi connectivity index (χ3v) is 6.14. The summed E-state index contributed by atoms with van der Waals surface area (Å²) in [5.74, 6) is 3.02. The number of nitrogens with zero attached hydrogens (tertiary/aromatic N) is 6. The smallest absolute Gasteiger partial charge is 0.227 e. The summed E-state index contributed by atoms with van der Waals surface area (Å²) < 4.78 is 7.72. The van der Waals surface area contributed by atoms with Crippen molar-refractivity contribution in [2.45, 2.75) is 27.7 Å². The van der Waals surface area contributed by atoms with Crippen LogP contribution in [0.15, 0.2) is 36.7 Å². The lowest BCUT2D eigenvalue weighted by atomic mass is 9.84. The van der Waals surface area contributed by atoms with Crippen molar-refractivity contribution in [2.75, 3.05) is 30.4 Å². The Kier molecular flexibility index (Phi) is 4.96. The van der Waals surface area contributed by atoms with Crippen LogP contribution in [0.1, 0.15) is 25.2 Å². The molecule has 3 aromatic heterocycles. The molecular formula is C25H29N7O. The number of hydrogen-bond acceptors (Lipinski definition) is 7. The predicted molar refractivity (Wildman–Crippen MR) is 131 cm³/mol. The maximum absolute atomic E-state index is 5.67. The summed E-state index contributed by atoms with van der Waals surface area (Å²) in [7, 11) is 3.66. The number of aromatic nitrogens is 5. The lowest BCUT2D eigenvalue weighted by molar-refractivity contribution is 0.275. The topological polar surface area (TPSA) is 81.0 Å². The number of nitrogens with one attached hydrogen (secondary N) is 1. The van der Waals surface area contributed by atoms with Crippen LogP contribution in [-0.2, 0) is 7.05 Å². The number of benzene rings is 1. The van der Waals surface area contributed by atoms with Crippen LogP contribution in [0.2, 0.25) is 0 Å². The third kappa shape index (κ3) is 3.86. The van der Waals surface area contributed by atoms with Crippen LogP contribution in [0.25, 0.3) is 22.3 Å². The van der Waals surface area contributed by atoms with Crippen LogP contribution in [0.5, 0.6) is 5.75 Å². The first-order valence-electron chi connectivity index (χ1n) is 11.1. The Labute approximate surface area is 193 Å². The van der Waals surface area contributed by atoms with Gasteiger partial charge in [-0.3, -0.25) is 0 Å². The number of anilines is 3. The first-order chi connectivity index (χ1) is 15.7. The molecule has 33 heavy (non-hydrogen) atoms. The molecule has 0 saturated carbocycles. The number of pyridine rings is 1. The molecule has 0 aliphatic carbocycles. The Bertz CT molecular complexity index is 1350. The van der Waals surface area contributed by atoms with Gasteiger partial charge in [-0.05, 0) is 43.5 Å². The van der Waals surface area contributed by atoms with E-state index in [1.54, 1.807) is 7.11 Å². The molecule has 1 aliphatic rings. The normalized spacial score (nSPS) is 14.9. The predicted octanol–water partition coefficient (Wildman–Crippen LogP) is 4.64. The largest absolute Gasteiger partial charge is 0.495 e. The number of fused-ring (bicyclic) bond motifs is 1. The van der Waals surface area contributed by atoms with Gasteiger partial charge in [0.1, 0.15) is 17.1 Å².